The number of carboxylic acid groups (broad SMARTS) is 1. The molecule has 1 aromatic heterocycles. The lowest BCUT2D eigenvalue weighted by molar-refractivity contribution is -0.388. The third kappa shape index (κ3) is 3.17. The zero-order valence-corrected chi connectivity index (χ0v) is 10.7. The Morgan fingerprint density at radius 2 is 2.28 bits per heavy atom. The smallest absolute Gasteiger partial charge is 0.321 e. The number of nitrogens with two attached hydrogens (primary N) is 1. The Morgan fingerprint density at radius 3 is 2.78 bits per heavy atom. The topological polar surface area (TPSA) is 119 Å². The van der Waals surface area contributed by atoms with Gasteiger partial charge in [0, 0.05) is 17.0 Å². The van der Waals surface area contributed by atoms with Crippen LogP contribution in [0.25, 0.3) is 0 Å². The molecule has 0 spiro atoms. The highest BCUT2D eigenvalue weighted by atomic mass is 32.2. The van der Waals surface area contributed by atoms with E-state index >= 15 is 0 Å². The van der Waals surface area contributed by atoms with E-state index in [-0.39, 0.29) is 10.7 Å². The summed E-state index contributed by atoms with van der Waals surface area (Å²) in [6.07, 6.45) is 1.41. The highest BCUT2D eigenvalue weighted by molar-refractivity contribution is 8.00. The lowest BCUT2D eigenvalue weighted by Crippen LogP contribution is -2.46. The normalized spacial score (nSPS) is 13.1. The molecule has 1 atom stereocenters. The SMILES string of the molecule is CC(C)(Sc1ncccc1[N+](=O)[O-])[C@H](N)C(=O)O. The Hall–Kier alpha value is -1.67. The fraction of sp³-hybridized carbons (Fsp3) is 0.400. The Kier molecular flexibility index (Phi) is 4.25. The van der Waals surface area contributed by atoms with Crippen molar-refractivity contribution in [2.75, 3.05) is 0 Å². The summed E-state index contributed by atoms with van der Waals surface area (Å²) in [6, 6.07) is 1.62. The summed E-state index contributed by atoms with van der Waals surface area (Å²) in [6.45, 7) is 3.21. The van der Waals surface area contributed by atoms with Crippen LogP contribution in [0.1, 0.15) is 13.8 Å². The molecule has 7 nitrogen and oxygen atoms in total. The first-order valence-electron chi connectivity index (χ1n) is 5.02. The molecule has 0 aliphatic heterocycles. The summed E-state index contributed by atoms with van der Waals surface area (Å²) >= 11 is 0.979. The predicted octanol–water partition coefficient (Wildman–Crippen LogP) is 1.27. The Morgan fingerprint density at radius 1 is 1.67 bits per heavy atom. The molecular weight excluding hydrogens is 258 g/mol. The molecule has 0 bridgehead atoms. The molecule has 98 valence electrons. The first kappa shape index (κ1) is 14.4. The van der Waals surface area contributed by atoms with E-state index in [1.54, 1.807) is 13.8 Å². The second kappa shape index (κ2) is 5.32. The molecule has 18 heavy (non-hydrogen) atoms. The van der Waals surface area contributed by atoms with Crippen LogP contribution in [0.3, 0.4) is 0 Å². The van der Waals surface area contributed by atoms with Gasteiger partial charge in [-0.05, 0) is 19.9 Å². The van der Waals surface area contributed by atoms with Crippen LogP contribution in [-0.4, -0.2) is 31.8 Å². The van der Waals surface area contributed by atoms with Crippen molar-refractivity contribution in [2.24, 2.45) is 5.73 Å². The number of hydrogen-bond acceptors (Lipinski definition) is 6. The summed E-state index contributed by atoms with van der Waals surface area (Å²) in [5, 5.41) is 19.9. The van der Waals surface area contributed by atoms with E-state index in [0.717, 1.165) is 11.8 Å². The van der Waals surface area contributed by atoms with Crippen molar-refractivity contribution in [1.29, 1.82) is 0 Å². The van der Waals surface area contributed by atoms with Gasteiger partial charge in [-0.3, -0.25) is 14.9 Å². The van der Waals surface area contributed by atoms with Crippen molar-refractivity contribution >= 4 is 23.4 Å². The fourth-order valence-electron chi connectivity index (χ4n) is 1.21. The van der Waals surface area contributed by atoms with Crippen LogP contribution in [-0.2, 0) is 4.79 Å². The van der Waals surface area contributed by atoms with Crippen LogP contribution in [0.4, 0.5) is 5.69 Å². The Labute approximate surface area is 108 Å². The summed E-state index contributed by atoms with van der Waals surface area (Å²) in [5.41, 5.74) is 5.39. The fourth-order valence-corrected chi connectivity index (χ4v) is 2.30. The van der Waals surface area contributed by atoms with E-state index in [1.807, 2.05) is 0 Å². The van der Waals surface area contributed by atoms with Crippen molar-refractivity contribution in [2.45, 2.75) is 29.7 Å². The van der Waals surface area contributed by atoms with Crippen molar-refractivity contribution in [1.82, 2.24) is 4.98 Å². The molecule has 0 amide bonds. The van der Waals surface area contributed by atoms with E-state index in [0.29, 0.717) is 0 Å². The van der Waals surface area contributed by atoms with E-state index < -0.39 is 21.7 Å². The molecule has 3 N–H and O–H groups in total. The highest BCUT2D eigenvalue weighted by Gasteiger charge is 2.35. The Balaban J connectivity index is 3.04. The molecule has 0 radical (unpaired) electrons. The number of carbonyl (C=O) groups is 1. The third-order valence-corrected chi connectivity index (χ3v) is 3.61. The van der Waals surface area contributed by atoms with Crippen LogP contribution >= 0.6 is 11.8 Å². The lowest BCUT2D eigenvalue weighted by Gasteiger charge is -2.27. The van der Waals surface area contributed by atoms with Gasteiger partial charge < -0.3 is 10.8 Å². The monoisotopic (exact) mass is 271 g/mol. The van der Waals surface area contributed by atoms with Gasteiger partial charge in [0.1, 0.15) is 6.04 Å². The van der Waals surface area contributed by atoms with Crippen LogP contribution in [0, 0.1) is 10.1 Å². The molecular formula is C10H13N3O4S. The van der Waals surface area contributed by atoms with E-state index in [9.17, 15) is 14.9 Å². The molecule has 0 unspecified atom stereocenters. The molecule has 0 aliphatic rings. The molecule has 0 saturated heterocycles. The third-order valence-electron chi connectivity index (χ3n) is 2.32. The summed E-state index contributed by atoms with van der Waals surface area (Å²) in [4.78, 5) is 25.0. The molecule has 0 aliphatic carbocycles. The summed E-state index contributed by atoms with van der Waals surface area (Å²) < 4.78 is -0.912. The number of carboxylic acids is 1. The van der Waals surface area contributed by atoms with Crippen molar-refractivity contribution in [3.63, 3.8) is 0 Å². The van der Waals surface area contributed by atoms with Crippen LogP contribution in [0.5, 0.6) is 0 Å². The quantitative estimate of drug-likeness (QED) is 0.470. The number of hydrogen-bond donors (Lipinski definition) is 2. The van der Waals surface area contributed by atoms with Crippen molar-refractivity contribution in [3.8, 4) is 0 Å². The average molecular weight is 271 g/mol. The molecule has 1 aromatic rings. The van der Waals surface area contributed by atoms with E-state index in [4.69, 9.17) is 10.8 Å². The van der Waals surface area contributed by atoms with Crippen molar-refractivity contribution in [3.05, 3.63) is 28.4 Å². The van der Waals surface area contributed by atoms with Crippen LogP contribution in [0.15, 0.2) is 23.4 Å². The summed E-state index contributed by atoms with van der Waals surface area (Å²) in [7, 11) is 0. The second-order valence-electron chi connectivity index (χ2n) is 4.11. The van der Waals surface area contributed by atoms with E-state index in [1.165, 1.54) is 18.3 Å². The second-order valence-corrected chi connectivity index (χ2v) is 5.75. The Bertz CT molecular complexity index is 478. The maximum absolute atomic E-state index is 10.9. The number of aromatic nitrogens is 1. The van der Waals surface area contributed by atoms with Gasteiger partial charge in [0.25, 0.3) is 0 Å². The van der Waals surface area contributed by atoms with Gasteiger partial charge in [0.05, 0.1) is 4.92 Å². The number of thioether (sulfide) groups is 1. The maximum Gasteiger partial charge on any atom is 0.321 e. The molecule has 1 rings (SSSR count). The van der Waals surface area contributed by atoms with Crippen molar-refractivity contribution < 1.29 is 14.8 Å². The number of rotatable bonds is 5. The van der Waals surface area contributed by atoms with Gasteiger partial charge in [-0.25, -0.2) is 4.98 Å². The summed E-state index contributed by atoms with van der Waals surface area (Å²) in [5.74, 6) is -1.16. The van der Waals surface area contributed by atoms with E-state index in [2.05, 4.69) is 4.98 Å². The molecule has 1 heterocycles. The van der Waals surface area contributed by atoms with Gasteiger partial charge >= 0.3 is 11.7 Å². The number of aliphatic carboxylic acids is 1. The van der Waals surface area contributed by atoms with Gasteiger partial charge in [-0.1, -0.05) is 11.8 Å². The lowest BCUT2D eigenvalue weighted by atomic mass is 10.1. The zero-order valence-electron chi connectivity index (χ0n) is 9.86. The molecule has 8 heteroatoms. The van der Waals surface area contributed by atoms with Gasteiger partial charge in [0.2, 0.25) is 0 Å². The zero-order chi connectivity index (χ0) is 13.9. The molecule has 0 aromatic carbocycles. The minimum Gasteiger partial charge on any atom is -0.480 e. The molecule has 0 fully saturated rings. The van der Waals surface area contributed by atoms with Gasteiger partial charge in [0.15, 0.2) is 5.03 Å². The largest absolute Gasteiger partial charge is 0.480 e. The first-order valence-corrected chi connectivity index (χ1v) is 5.84. The number of nitro groups is 1. The maximum atomic E-state index is 10.9. The first-order chi connectivity index (χ1) is 8.25. The van der Waals surface area contributed by atoms with Crippen LogP contribution in [0.2, 0.25) is 0 Å². The standard InChI is InChI=1S/C10H13N3O4S/c1-10(2,7(11)9(14)15)18-8-6(13(16)17)4-3-5-12-8/h3-5,7H,11H2,1-2H3,(H,14,15)/t7-/m1/s1. The number of pyridine rings is 1. The minimum absolute atomic E-state index is 0.157. The predicted molar refractivity (Wildman–Crippen MR) is 66.4 cm³/mol. The average Bonchev–Trinajstić information content (AvgIpc) is 2.27. The highest BCUT2D eigenvalue weighted by Crippen LogP contribution is 2.37. The minimum atomic E-state index is -1.16. The number of nitrogens with zero attached hydrogens (tertiary/aromatic N) is 2. The van der Waals surface area contributed by atoms with Gasteiger partial charge in [-0.15, -0.1) is 0 Å². The van der Waals surface area contributed by atoms with Crippen LogP contribution < -0.4 is 5.73 Å². The molecule has 0 saturated carbocycles. The van der Waals surface area contributed by atoms with Gasteiger partial charge in [-0.2, -0.15) is 0 Å².